The number of aryl methyl sites for hydroxylation is 1. The molecule has 7 heteroatoms. The van der Waals surface area contributed by atoms with Crippen LogP contribution >= 0.6 is 0 Å². The van der Waals surface area contributed by atoms with E-state index in [0.29, 0.717) is 11.4 Å². The van der Waals surface area contributed by atoms with Crippen LogP contribution in [0.25, 0.3) is 22.8 Å². The first-order valence-corrected chi connectivity index (χ1v) is 7.99. The van der Waals surface area contributed by atoms with Gasteiger partial charge in [-0.15, -0.1) is 0 Å². The van der Waals surface area contributed by atoms with Gasteiger partial charge in [0.15, 0.2) is 0 Å². The third-order valence-corrected chi connectivity index (χ3v) is 4.01. The van der Waals surface area contributed by atoms with Crippen molar-refractivity contribution in [3.63, 3.8) is 0 Å². The fourth-order valence-corrected chi connectivity index (χ4v) is 2.78. The summed E-state index contributed by atoms with van der Waals surface area (Å²) in [7, 11) is 0. The van der Waals surface area contributed by atoms with E-state index in [4.69, 9.17) is 0 Å². The van der Waals surface area contributed by atoms with Crippen molar-refractivity contribution in [2.24, 2.45) is 0 Å². The van der Waals surface area contributed by atoms with E-state index < -0.39 is 5.82 Å². The Morgan fingerprint density at radius 1 is 1.15 bits per heavy atom. The fraction of sp³-hybridized carbons (Fsp3) is 0.0526. The number of nitrogens with zero attached hydrogens (tertiary/aromatic N) is 5. The highest BCUT2D eigenvalue weighted by atomic mass is 19.1. The molecular formula is C19H15FN5O+. The summed E-state index contributed by atoms with van der Waals surface area (Å²) in [6, 6.07) is 9.93. The Bertz CT molecular complexity index is 1150. The van der Waals surface area contributed by atoms with Gasteiger partial charge in [0.25, 0.3) is 0 Å². The zero-order chi connectivity index (χ0) is 18.1. The van der Waals surface area contributed by atoms with E-state index in [1.807, 2.05) is 13.0 Å². The molecule has 0 bridgehead atoms. The quantitative estimate of drug-likeness (QED) is 0.535. The molecule has 0 spiro atoms. The van der Waals surface area contributed by atoms with Crippen LogP contribution in [0.4, 0.5) is 4.39 Å². The van der Waals surface area contributed by atoms with Crippen LogP contribution in [0, 0.1) is 17.6 Å². The van der Waals surface area contributed by atoms with Crippen LogP contribution in [0.3, 0.4) is 0 Å². The van der Waals surface area contributed by atoms with Crippen LogP contribution in [0.15, 0.2) is 73.6 Å². The lowest BCUT2D eigenvalue weighted by molar-refractivity contribution is -0.483. The van der Waals surface area contributed by atoms with Crippen molar-refractivity contribution in [1.29, 1.82) is 0 Å². The van der Waals surface area contributed by atoms with Gasteiger partial charge in [-0.3, -0.25) is 4.98 Å². The molecule has 0 saturated carbocycles. The number of para-hydroxylation sites is 1. The first kappa shape index (κ1) is 15.9. The number of pyridine rings is 1. The maximum Gasteiger partial charge on any atom is 0.304 e. The van der Waals surface area contributed by atoms with Gasteiger partial charge in [-0.25, -0.2) is 9.07 Å². The van der Waals surface area contributed by atoms with Crippen LogP contribution in [0.1, 0.15) is 5.56 Å². The van der Waals surface area contributed by atoms with Crippen molar-refractivity contribution in [1.82, 2.24) is 19.3 Å². The van der Waals surface area contributed by atoms with Gasteiger partial charge in [-0.1, -0.05) is 12.1 Å². The van der Waals surface area contributed by atoms with Gasteiger partial charge in [0, 0.05) is 11.1 Å². The predicted molar refractivity (Wildman–Crippen MR) is 94.2 cm³/mol. The molecule has 0 N–H and O–H groups in total. The summed E-state index contributed by atoms with van der Waals surface area (Å²) in [6.07, 6.45) is 9.73. The van der Waals surface area contributed by atoms with E-state index in [1.54, 1.807) is 53.6 Å². The van der Waals surface area contributed by atoms with Gasteiger partial charge in [0.2, 0.25) is 6.20 Å². The zero-order valence-corrected chi connectivity index (χ0v) is 14.0. The van der Waals surface area contributed by atoms with Crippen molar-refractivity contribution in [2.75, 3.05) is 0 Å². The first-order chi connectivity index (χ1) is 12.6. The topological polar surface area (TPSA) is 58.6 Å². The highest BCUT2D eigenvalue weighted by molar-refractivity contribution is 5.54. The Labute approximate surface area is 148 Å². The molecule has 4 rings (SSSR count). The van der Waals surface area contributed by atoms with Crippen LogP contribution in [-0.2, 0) is 0 Å². The molecule has 0 saturated heterocycles. The molecule has 3 aromatic heterocycles. The zero-order valence-electron chi connectivity index (χ0n) is 14.0. The number of rotatable bonds is 3. The maximum absolute atomic E-state index is 14.2. The summed E-state index contributed by atoms with van der Waals surface area (Å²) >= 11 is 0. The molecule has 3 heterocycles. The lowest BCUT2D eigenvalue weighted by Crippen LogP contribution is -2.20. The molecule has 0 unspecified atom stereocenters. The standard InChI is InChI=1S/C19H15FN5O/c1-14-10-15(12-21-11-14)23-8-9-24(26)19(13-23)18-6-7-22-25(18)17-5-3-2-4-16(17)20/h2-13H,1H3/q+1. The second-order valence-corrected chi connectivity index (χ2v) is 5.85. The first-order valence-electron chi connectivity index (χ1n) is 7.99. The second-order valence-electron chi connectivity index (χ2n) is 5.85. The Balaban J connectivity index is 1.88. The molecule has 0 atom stereocenters. The van der Waals surface area contributed by atoms with Crippen LogP contribution in [-0.4, -0.2) is 19.3 Å². The fourth-order valence-electron chi connectivity index (χ4n) is 2.78. The Morgan fingerprint density at radius 2 is 2.00 bits per heavy atom. The van der Waals surface area contributed by atoms with Gasteiger partial charge >= 0.3 is 5.69 Å². The van der Waals surface area contributed by atoms with Gasteiger partial charge in [0.1, 0.15) is 17.2 Å². The van der Waals surface area contributed by atoms with Crippen molar-refractivity contribution in [3.05, 3.63) is 89.9 Å². The lowest BCUT2D eigenvalue weighted by atomic mass is 10.2. The van der Waals surface area contributed by atoms with E-state index in [9.17, 15) is 9.30 Å². The summed E-state index contributed by atoms with van der Waals surface area (Å²) in [6.45, 7) is 1.95. The molecule has 128 valence electrons. The average molecular weight is 348 g/mol. The van der Waals surface area contributed by atoms with E-state index in [-0.39, 0.29) is 5.69 Å². The summed E-state index contributed by atoms with van der Waals surface area (Å²) < 4.78 is 18.1. The summed E-state index contributed by atoms with van der Waals surface area (Å²) in [5.74, 6) is -0.415. The normalized spacial score (nSPS) is 10.8. The molecule has 0 aliphatic heterocycles. The number of aromatic nitrogens is 5. The number of hydrogen-bond donors (Lipinski definition) is 0. The minimum absolute atomic E-state index is 0.278. The SMILES string of the molecule is Cc1cncc(-n2cc[n+](=O)c(-c3ccnn3-c3ccccc3F)c2)c1. The summed E-state index contributed by atoms with van der Waals surface area (Å²) in [5.41, 5.74) is 2.94. The molecule has 0 aliphatic carbocycles. The summed E-state index contributed by atoms with van der Waals surface area (Å²) in [5, 5.41) is 4.18. The molecule has 1 aromatic carbocycles. The monoisotopic (exact) mass is 348 g/mol. The highest BCUT2D eigenvalue weighted by Crippen LogP contribution is 2.21. The molecular weight excluding hydrogens is 333 g/mol. The molecule has 26 heavy (non-hydrogen) atoms. The predicted octanol–water partition coefficient (Wildman–Crippen LogP) is 3.09. The van der Waals surface area contributed by atoms with Crippen LogP contribution in [0.2, 0.25) is 0 Å². The van der Waals surface area contributed by atoms with Crippen molar-refractivity contribution in [3.8, 4) is 22.8 Å². The molecule has 0 fully saturated rings. The van der Waals surface area contributed by atoms with E-state index >= 15 is 0 Å². The third kappa shape index (κ3) is 2.79. The minimum Gasteiger partial charge on any atom is -0.310 e. The van der Waals surface area contributed by atoms with Crippen LogP contribution in [0.5, 0.6) is 0 Å². The molecule has 0 amide bonds. The molecule has 0 aliphatic rings. The average Bonchev–Trinajstić information content (AvgIpc) is 3.12. The minimum atomic E-state index is -0.415. The van der Waals surface area contributed by atoms with Crippen LogP contribution < -0.4 is 4.43 Å². The smallest absolute Gasteiger partial charge is 0.304 e. The molecule has 4 aromatic rings. The maximum atomic E-state index is 14.2. The highest BCUT2D eigenvalue weighted by Gasteiger charge is 2.20. The van der Waals surface area contributed by atoms with Crippen molar-refractivity contribution >= 4 is 0 Å². The van der Waals surface area contributed by atoms with Gasteiger partial charge < -0.3 is 4.57 Å². The van der Waals surface area contributed by atoms with E-state index in [1.165, 1.54) is 23.1 Å². The third-order valence-electron chi connectivity index (χ3n) is 4.01. The lowest BCUT2D eigenvalue weighted by Gasteiger charge is -2.07. The van der Waals surface area contributed by atoms with E-state index in [2.05, 4.69) is 10.1 Å². The Hall–Kier alpha value is -3.61. The second kappa shape index (κ2) is 6.36. The number of benzene rings is 1. The summed E-state index contributed by atoms with van der Waals surface area (Å²) in [4.78, 5) is 16.6. The van der Waals surface area contributed by atoms with Gasteiger partial charge in [-0.2, -0.15) is 5.10 Å². The van der Waals surface area contributed by atoms with Crippen molar-refractivity contribution in [2.45, 2.75) is 6.92 Å². The largest absolute Gasteiger partial charge is 0.310 e. The Kier molecular flexibility index (Phi) is 3.89. The molecule has 0 radical (unpaired) electrons. The Morgan fingerprint density at radius 3 is 2.81 bits per heavy atom. The van der Waals surface area contributed by atoms with E-state index in [0.717, 1.165) is 15.7 Å². The number of halogens is 1. The molecule has 6 nitrogen and oxygen atoms in total. The van der Waals surface area contributed by atoms with Gasteiger partial charge in [-0.05, 0) is 36.8 Å². The van der Waals surface area contributed by atoms with Crippen molar-refractivity contribution < 1.29 is 8.82 Å². The number of hydrogen-bond acceptors (Lipinski definition) is 3. The van der Waals surface area contributed by atoms with Gasteiger partial charge in [0.05, 0.1) is 34.9 Å².